The fourth-order valence-corrected chi connectivity index (χ4v) is 2.28. The van der Waals surface area contributed by atoms with E-state index in [4.69, 9.17) is 0 Å². The van der Waals surface area contributed by atoms with Crippen LogP contribution >= 0.6 is 0 Å². The molecule has 2 fully saturated rings. The van der Waals surface area contributed by atoms with Gasteiger partial charge in [0.2, 0.25) is 0 Å². The topological polar surface area (TPSA) is 44.4 Å². The van der Waals surface area contributed by atoms with Crippen LogP contribution in [0, 0.1) is 0 Å². The lowest BCUT2D eigenvalue weighted by molar-refractivity contribution is 0.185. The van der Waals surface area contributed by atoms with Gasteiger partial charge in [-0.15, -0.1) is 0 Å². The molecule has 14 heavy (non-hydrogen) atoms. The molecule has 2 aliphatic rings. The van der Waals surface area contributed by atoms with Gasteiger partial charge in [0.05, 0.1) is 0 Å². The van der Waals surface area contributed by atoms with E-state index in [0.29, 0.717) is 12.1 Å². The zero-order valence-electron chi connectivity index (χ0n) is 8.75. The quantitative estimate of drug-likeness (QED) is 0.649. The summed E-state index contributed by atoms with van der Waals surface area (Å²) in [6, 6.07) is 1.13. The van der Waals surface area contributed by atoms with Crippen molar-refractivity contribution in [2.24, 2.45) is 0 Å². The SMILES string of the molecule is CCCCNC(=O)N1CC2CC1CN2. The molecule has 2 aliphatic heterocycles. The summed E-state index contributed by atoms with van der Waals surface area (Å²) in [5, 5.41) is 6.36. The third-order valence-electron chi connectivity index (χ3n) is 3.12. The van der Waals surface area contributed by atoms with Crippen molar-refractivity contribution in [1.29, 1.82) is 0 Å². The minimum Gasteiger partial charge on any atom is -0.338 e. The zero-order chi connectivity index (χ0) is 9.97. The first-order valence-electron chi connectivity index (χ1n) is 5.59. The molecule has 2 saturated heterocycles. The van der Waals surface area contributed by atoms with Crippen LogP contribution in [0.25, 0.3) is 0 Å². The number of carbonyl (C=O) groups is 1. The van der Waals surface area contributed by atoms with Crippen LogP contribution in [0.3, 0.4) is 0 Å². The molecule has 2 atom stereocenters. The minimum atomic E-state index is 0.132. The van der Waals surface area contributed by atoms with Crippen molar-refractivity contribution in [2.45, 2.75) is 38.3 Å². The monoisotopic (exact) mass is 197 g/mol. The summed E-state index contributed by atoms with van der Waals surface area (Å²) < 4.78 is 0. The smallest absolute Gasteiger partial charge is 0.317 e. The molecule has 0 saturated carbocycles. The van der Waals surface area contributed by atoms with Crippen LogP contribution in [0.4, 0.5) is 4.79 Å². The highest BCUT2D eigenvalue weighted by atomic mass is 16.2. The fourth-order valence-electron chi connectivity index (χ4n) is 2.28. The Kier molecular flexibility index (Phi) is 2.91. The molecule has 4 heteroatoms. The Labute approximate surface area is 85.0 Å². The number of hydrogen-bond acceptors (Lipinski definition) is 2. The molecule has 0 aromatic carbocycles. The number of nitrogens with one attached hydrogen (secondary N) is 2. The number of unbranched alkanes of at least 4 members (excludes halogenated alkanes) is 1. The van der Waals surface area contributed by atoms with E-state index >= 15 is 0 Å². The van der Waals surface area contributed by atoms with E-state index in [-0.39, 0.29) is 6.03 Å². The lowest BCUT2D eigenvalue weighted by atomic mass is 10.2. The van der Waals surface area contributed by atoms with Gasteiger partial charge in [-0.3, -0.25) is 0 Å². The Balaban J connectivity index is 1.75. The molecule has 0 aromatic rings. The van der Waals surface area contributed by atoms with E-state index in [2.05, 4.69) is 17.6 Å². The van der Waals surface area contributed by atoms with Gasteiger partial charge in [0.25, 0.3) is 0 Å². The number of nitrogens with zero attached hydrogens (tertiary/aromatic N) is 1. The highest BCUT2D eigenvalue weighted by Gasteiger charge is 2.39. The van der Waals surface area contributed by atoms with Gasteiger partial charge < -0.3 is 15.5 Å². The summed E-state index contributed by atoms with van der Waals surface area (Å²) in [4.78, 5) is 13.7. The molecule has 2 rings (SSSR count). The molecule has 80 valence electrons. The molecule has 0 aromatic heterocycles. The van der Waals surface area contributed by atoms with Crippen LogP contribution in [0.5, 0.6) is 0 Å². The predicted octanol–water partition coefficient (Wildman–Crippen LogP) is 0.542. The maximum atomic E-state index is 11.7. The number of likely N-dealkylation sites (tertiary alicyclic amines) is 1. The van der Waals surface area contributed by atoms with Gasteiger partial charge in [-0.25, -0.2) is 4.79 Å². The molecule has 2 N–H and O–H groups in total. The summed E-state index contributed by atoms with van der Waals surface area (Å²) in [6.07, 6.45) is 3.35. The van der Waals surface area contributed by atoms with Gasteiger partial charge in [0, 0.05) is 31.7 Å². The maximum Gasteiger partial charge on any atom is 0.317 e. The van der Waals surface area contributed by atoms with Crippen LogP contribution in [0.1, 0.15) is 26.2 Å². The van der Waals surface area contributed by atoms with E-state index < -0.39 is 0 Å². The average molecular weight is 197 g/mol. The lowest BCUT2D eigenvalue weighted by Gasteiger charge is -2.27. The lowest BCUT2D eigenvalue weighted by Crippen LogP contribution is -2.50. The number of fused-ring (bicyclic) bond motifs is 2. The third-order valence-corrected chi connectivity index (χ3v) is 3.12. The highest BCUT2D eigenvalue weighted by molar-refractivity contribution is 5.75. The Morgan fingerprint density at radius 1 is 1.64 bits per heavy atom. The normalized spacial score (nSPS) is 29.6. The van der Waals surface area contributed by atoms with Crippen LogP contribution in [0.2, 0.25) is 0 Å². The third kappa shape index (κ3) is 1.85. The first-order valence-corrected chi connectivity index (χ1v) is 5.59. The summed E-state index contributed by atoms with van der Waals surface area (Å²) in [7, 11) is 0. The van der Waals surface area contributed by atoms with Crippen molar-refractivity contribution < 1.29 is 4.79 Å². The zero-order valence-corrected chi connectivity index (χ0v) is 8.75. The number of rotatable bonds is 3. The summed E-state index contributed by atoms with van der Waals surface area (Å²) in [6.45, 7) is 4.82. The first kappa shape index (κ1) is 9.77. The number of hydrogen-bond donors (Lipinski definition) is 2. The van der Waals surface area contributed by atoms with Crippen molar-refractivity contribution in [2.75, 3.05) is 19.6 Å². The fraction of sp³-hybridized carbons (Fsp3) is 0.900. The van der Waals surface area contributed by atoms with Crippen molar-refractivity contribution in [3.8, 4) is 0 Å². The molecule has 2 bridgehead atoms. The molecule has 0 radical (unpaired) electrons. The van der Waals surface area contributed by atoms with Crippen LogP contribution in [-0.2, 0) is 0 Å². The Morgan fingerprint density at radius 2 is 2.50 bits per heavy atom. The van der Waals surface area contributed by atoms with E-state index in [1.807, 2.05) is 4.90 Å². The molecule has 0 spiro atoms. The van der Waals surface area contributed by atoms with E-state index in [1.165, 1.54) is 0 Å². The first-order chi connectivity index (χ1) is 6.81. The second-order valence-electron chi connectivity index (χ2n) is 4.23. The Hall–Kier alpha value is -0.770. The summed E-state index contributed by atoms with van der Waals surface area (Å²) >= 11 is 0. The Bertz CT molecular complexity index is 219. The van der Waals surface area contributed by atoms with Gasteiger partial charge in [0.1, 0.15) is 0 Å². The van der Waals surface area contributed by atoms with Gasteiger partial charge in [-0.05, 0) is 12.8 Å². The number of piperazine rings is 1. The van der Waals surface area contributed by atoms with Gasteiger partial charge in [0.15, 0.2) is 0 Å². The van der Waals surface area contributed by atoms with E-state index in [9.17, 15) is 4.79 Å². The molecule has 0 aliphatic carbocycles. The van der Waals surface area contributed by atoms with E-state index in [0.717, 1.165) is 38.9 Å². The molecule has 2 amide bonds. The van der Waals surface area contributed by atoms with Gasteiger partial charge in [-0.1, -0.05) is 13.3 Å². The minimum absolute atomic E-state index is 0.132. The standard InChI is InChI=1S/C10H19N3O/c1-2-3-4-11-10(14)13-7-8-5-9(13)6-12-8/h8-9,12H,2-7H2,1H3,(H,11,14). The van der Waals surface area contributed by atoms with Crippen LogP contribution in [-0.4, -0.2) is 42.6 Å². The molecular weight excluding hydrogens is 178 g/mol. The number of amides is 2. The second kappa shape index (κ2) is 4.17. The number of carbonyl (C=O) groups excluding carboxylic acids is 1. The molecular formula is C10H19N3O. The van der Waals surface area contributed by atoms with Gasteiger partial charge >= 0.3 is 6.03 Å². The van der Waals surface area contributed by atoms with Crippen LogP contribution in [0.15, 0.2) is 0 Å². The predicted molar refractivity (Wildman–Crippen MR) is 55.2 cm³/mol. The average Bonchev–Trinajstić information content (AvgIpc) is 2.79. The highest BCUT2D eigenvalue weighted by Crippen LogP contribution is 2.22. The largest absolute Gasteiger partial charge is 0.338 e. The van der Waals surface area contributed by atoms with Crippen molar-refractivity contribution in [1.82, 2.24) is 15.5 Å². The molecule has 2 unspecified atom stereocenters. The van der Waals surface area contributed by atoms with Crippen molar-refractivity contribution in [3.05, 3.63) is 0 Å². The maximum absolute atomic E-state index is 11.7. The van der Waals surface area contributed by atoms with Crippen LogP contribution < -0.4 is 10.6 Å². The number of urea groups is 1. The Morgan fingerprint density at radius 3 is 3.07 bits per heavy atom. The van der Waals surface area contributed by atoms with Crippen molar-refractivity contribution >= 4 is 6.03 Å². The molecule has 2 heterocycles. The van der Waals surface area contributed by atoms with Crippen molar-refractivity contribution in [3.63, 3.8) is 0 Å². The van der Waals surface area contributed by atoms with Gasteiger partial charge in [-0.2, -0.15) is 0 Å². The second-order valence-corrected chi connectivity index (χ2v) is 4.23. The summed E-state index contributed by atoms with van der Waals surface area (Å²) in [5.41, 5.74) is 0. The summed E-state index contributed by atoms with van der Waals surface area (Å²) in [5.74, 6) is 0. The molecule has 4 nitrogen and oxygen atoms in total. The van der Waals surface area contributed by atoms with E-state index in [1.54, 1.807) is 0 Å².